The van der Waals surface area contributed by atoms with Crippen molar-refractivity contribution in [3.63, 3.8) is 0 Å². The molecule has 3 nitrogen and oxygen atoms in total. The van der Waals surface area contributed by atoms with Crippen molar-refractivity contribution in [2.45, 2.75) is 0 Å². The average Bonchev–Trinajstić information content (AvgIpc) is 2.44. The first kappa shape index (κ1) is 14.8. The van der Waals surface area contributed by atoms with Crippen molar-refractivity contribution in [1.29, 1.82) is 0 Å². The van der Waals surface area contributed by atoms with Gasteiger partial charge in [0.25, 0.3) is 5.91 Å². The van der Waals surface area contributed by atoms with Crippen LogP contribution in [0.1, 0.15) is 10.4 Å². The monoisotopic (exact) mass is 306 g/mol. The van der Waals surface area contributed by atoms with Crippen LogP contribution in [0.3, 0.4) is 0 Å². The number of carbonyl (C=O) groups is 1. The molecule has 1 N–H and O–H groups in total. The number of anilines is 1. The van der Waals surface area contributed by atoms with Crippen LogP contribution in [0.2, 0.25) is 0 Å². The van der Waals surface area contributed by atoms with Gasteiger partial charge in [-0.2, -0.15) is 4.39 Å². The van der Waals surface area contributed by atoms with Crippen LogP contribution in [0.5, 0.6) is 0 Å². The fourth-order valence-corrected chi connectivity index (χ4v) is 1.46. The van der Waals surface area contributed by atoms with Gasteiger partial charge >= 0.3 is 0 Å². The number of amides is 1. The maximum absolute atomic E-state index is 13.3. The molecule has 0 unspecified atom stereocenters. The predicted molar refractivity (Wildman–Crippen MR) is 58.4 cm³/mol. The third kappa shape index (κ3) is 2.67. The lowest BCUT2D eigenvalue weighted by atomic mass is 10.2. The molecule has 1 heterocycles. The van der Waals surface area contributed by atoms with E-state index in [-0.39, 0.29) is 6.07 Å². The van der Waals surface area contributed by atoms with Gasteiger partial charge < -0.3 is 5.32 Å². The van der Waals surface area contributed by atoms with Gasteiger partial charge in [0, 0.05) is 12.3 Å². The molecule has 0 aliphatic carbocycles. The van der Waals surface area contributed by atoms with E-state index in [2.05, 4.69) is 4.98 Å². The van der Waals surface area contributed by atoms with Crippen LogP contribution in [0, 0.1) is 35.0 Å². The number of nitrogens with zero attached hydrogens (tertiary/aromatic N) is 1. The molecular formula is C12H4F6N2O. The molecule has 0 fully saturated rings. The number of nitrogens with one attached hydrogen (secondary N) is 1. The van der Waals surface area contributed by atoms with Crippen LogP contribution < -0.4 is 5.32 Å². The van der Waals surface area contributed by atoms with Crippen molar-refractivity contribution in [2.24, 2.45) is 0 Å². The van der Waals surface area contributed by atoms with Crippen LogP contribution in [0.25, 0.3) is 0 Å². The van der Waals surface area contributed by atoms with E-state index in [0.717, 1.165) is 12.3 Å². The molecule has 0 saturated heterocycles. The topological polar surface area (TPSA) is 42.0 Å². The van der Waals surface area contributed by atoms with Crippen molar-refractivity contribution < 1.29 is 31.1 Å². The van der Waals surface area contributed by atoms with Crippen LogP contribution >= 0.6 is 0 Å². The highest BCUT2D eigenvalue weighted by molar-refractivity contribution is 6.04. The molecule has 0 saturated carbocycles. The summed E-state index contributed by atoms with van der Waals surface area (Å²) in [6.07, 6.45) is 0.728. The Hall–Kier alpha value is -2.58. The molecule has 1 aromatic carbocycles. The maximum Gasteiger partial charge on any atom is 0.259 e. The minimum atomic E-state index is -1.88. The molecule has 0 aliphatic rings. The smallest absolute Gasteiger partial charge is 0.259 e. The molecule has 2 aromatic rings. The summed E-state index contributed by atoms with van der Waals surface area (Å²) in [4.78, 5) is 14.5. The summed E-state index contributed by atoms with van der Waals surface area (Å²) >= 11 is 0. The molecule has 0 bridgehead atoms. The molecule has 0 aliphatic heterocycles. The van der Waals surface area contributed by atoms with Gasteiger partial charge in [0.2, 0.25) is 5.95 Å². The van der Waals surface area contributed by atoms with Gasteiger partial charge in [0.05, 0.1) is 5.56 Å². The summed E-state index contributed by atoms with van der Waals surface area (Å²) in [6, 6.07) is 0.659. The minimum absolute atomic E-state index is 0.0625. The Labute approximate surface area is 113 Å². The predicted octanol–water partition coefficient (Wildman–Crippen LogP) is 3.17. The fraction of sp³-hybridized carbons (Fsp3) is 0. The third-order valence-corrected chi connectivity index (χ3v) is 2.44. The molecule has 21 heavy (non-hydrogen) atoms. The number of hydrogen-bond acceptors (Lipinski definition) is 2. The number of halogens is 6. The second-order valence-corrected chi connectivity index (χ2v) is 3.76. The van der Waals surface area contributed by atoms with E-state index in [1.54, 1.807) is 0 Å². The van der Waals surface area contributed by atoms with E-state index in [1.807, 2.05) is 0 Å². The zero-order chi connectivity index (χ0) is 15.7. The molecule has 2 rings (SSSR count). The number of aromatic nitrogens is 1. The Balaban J connectivity index is 2.43. The zero-order valence-electron chi connectivity index (χ0n) is 9.86. The Morgan fingerprint density at radius 2 is 1.52 bits per heavy atom. The lowest BCUT2D eigenvalue weighted by Crippen LogP contribution is -2.18. The fourth-order valence-electron chi connectivity index (χ4n) is 1.46. The van der Waals surface area contributed by atoms with E-state index >= 15 is 0 Å². The second-order valence-electron chi connectivity index (χ2n) is 3.76. The van der Waals surface area contributed by atoms with Gasteiger partial charge in [-0.05, 0) is 6.07 Å². The summed E-state index contributed by atoms with van der Waals surface area (Å²) in [7, 11) is 0. The highest BCUT2D eigenvalue weighted by atomic mass is 19.2. The van der Waals surface area contributed by atoms with Crippen LogP contribution in [0.4, 0.5) is 32.0 Å². The van der Waals surface area contributed by atoms with E-state index in [9.17, 15) is 31.1 Å². The normalized spacial score (nSPS) is 10.6. The van der Waals surface area contributed by atoms with Gasteiger partial charge in [-0.15, -0.1) is 0 Å². The standard InChI is InChI=1S/C12H4F6N2O/c13-5-3-6(14)9(17)10(8(5)16)20-12(21)4-1-2-19-11(18)7(4)15/h1-3H,(H,20,21). The first-order valence-corrected chi connectivity index (χ1v) is 5.27. The number of hydrogen-bond donors (Lipinski definition) is 1. The zero-order valence-corrected chi connectivity index (χ0v) is 9.86. The van der Waals surface area contributed by atoms with Crippen LogP contribution in [-0.4, -0.2) is 10.9 Å². The minimum Gasteiger partial charge on any atom is -0.317 e. The highest BCUT2D eigenvalue weighted by Gasteiger charge is 2.23. The largest absolute Gasteiger partial charge is 0.317 e. The quantitative estimate of drug-likeness (QED) is 0.526. The second kappa shape index (κ2) is 5.43. The average molecular weight is 306 g/mol. The summed E-state index contributed by atoms with van der Waals surface area (Å²) in [5.74, 6) is -12.1. The van der Waals surface area contributed by atoms with E-state index in [1.165, 1.54) is 5.32 Å². The summed E-state index contributed by atoms with van der Waals surface area (Å²) < 4.78 is 78.6. The molecule has 0 atom stereocenters. The van der Waals surface area contributed by atoms with Crippen molar-refractivity contribution in [1.82, 2.24) is 4.98 Å². The van der Waals surface area contributed by atoms with Gasteiger partial charge in [-0.3, -0.25) is 4.79 Å². The van der Waals surface area contributed by atoms with Crippen LogP contribution in [0.15, 0.2) is 18.3 Å². The van der Waals surface area contributed by atoms with E-state index in [0.29, 0.717) is 0 Å². The molecule has 1 amide bonds. The van der Waals surface area contributed by atoms with E-state index in [4.69, 9.17) is 0 Å². The molecule has 110 valence electrons. The number of rotatable bonds is 2. The molecular weight excluding hydrogens is 302 g/mol. The molecule has 0 spiro atoms. The Bertz CT molecular complexity index is 708. The Morgan fingerprint density at radius 1 is 0.952 bits per heavy atom. The van der Waals surface area contributed by atoms with Gasteiger partial charge in [0.15, 0.2) is 29.1 Å². The summed E-state index contributed by atoms with van der Waals surface area (Å²) in [5.41, 5.74) is -2.39. The maximum atomic E-state index is 13.3. The van der Waals surface area contributed by atoms with Crippen molar-refractivity contribution in [3.05, 3.63) is 58.9 Å². The lowest BCUT2D eigenvalue weighted by molar-refractivity contribution is 0.102. The van der Waals surface area contributed by atoms with Crippen molar-refractivity contribution in [3.8, 4) is 0 Å². The third-order valence-electron chi connectivity index (χ3n) is 2.44. The van der Waals surface area contributed by atoms with Gasteiger partial charge in [0.1, 0.15) is 5.69 Å². The summed E-state index contributed by atoms with van der Waals surface area (Å²) in [5, 5.41) is 1.44. The first-order chi connectivity index (χ1) is 9.82. The molecule has 0 radical (unpaired) electrons. The SMILES string of the molecule is O=C(Nc1c(F)c(F)cc(F)c1F)c1ccnc(F)c1F. The highest BCUT2D eigenvalue weighted by Crippen LogP contribution is 2.25. The van der Waals surface area contributed by atoms with Gasteiger partial charge in [-0.1, -0.05) is 0 Å². The first-order valence-electron chi connectivity index (χ1n) is 5.27. The van der Waals surface area contributed by atoms with Gasteiger partial charge in [-0.25, -0.2) is 26.9 Å². The number of pyridine rings is 1. The number of benzene rings is 1. The Kier molecular flexibility index (Phi) is 3.83. The number of carbonyl (C=O) groups excluding carboxylic acids is 1. The lowest BCUT2D eigenvalue weighted by Gasteiger charge is -2.09. The van der Waals surface area contributed by atoms with Crippen LogP contribution in [-0.2, 0) is 0 Å². The van der Waals surface area contributed by atoms with Crippen molar-refractivity contribution in [2.75, 3.05) is 5.32 Å². The van der Waals surface area contributed by atoms with Crippen molar-refractivity contribution >= 4 is 11.6 Å². The molecule has 9 heteroatoms. The van der Waals surface area contributed by atoms with E-state index < -0.39 is 52.2 Å². The Morgan fingerprint density at radius 3 is 2.10 bits per heavy atom. The molecule has 1 aromatic heterocycles. The summed E-state index contributed by atoms with van der Waals surface area (Å²) in [6.45, 7) is 0.